The largest absolute Gasteiger partial charge is 0.338 e. The Bertz CT molecular complexity index is 1050. The van der Waals surface area contributed by atoms with E-state index >= 15 is 0 Å². The Kier molecular flexibility index (Phi) is 4.47. The van der Waals surface area contributed by atoms with Crippen LogP contribution in [0.25, 0.3) is 10.9 Å². The smallest absolute Gasteiger partial charge is 0.261 e. The van der Waals surface area contributed by atoms with Crippen molar-refractivity contribution in [2.75, 3.05) is 6.54 Å². The van der Waals surface area contributed by atoms with Gasteiger partial charge in [0.1, 0.15) is 5.82 Å². The average Bonchev–Trinajstić information content (AvgIpc) is 3.45. The van der Waals surface area contributed by atoms with Crippen molar-refractivity contribution in [2.45, 2.75) is 64.1 Å². The molecule has 2 aliphatic rings. The SMILES string of the molecule is Cc1noc(CN2CCCC2c2nc3ccccc3c(=O)n2C2CCCC2)n1. The molecule has 0 amide bonds. The van der Waals surface area contributed by atoms with Gasteiger partial charge in [-0.25, -0.2) is 4.98 Å². The number of nitrogens with zero attached hydrogens (tertiary/aromatic N) is 5. The summed E-state index contributed by atoms with van der Waals surface area (Å²) in [6.07, 6.45) is 6.54. The molecule has 0 bridgehead atoms. The minimum atomic E-state index is 0.102. The van der Waals surface area contributed by atoms with Gasteiger partial charge in [-0.1, -0.05) is 30.1 Å². The molecule has 1 aromatic carbocycles. The zero-order valence-corrected chi connectivity index (χ0v) is 16.2. The summed E-state index contributed by atoms with van der Waals surface area (Å²) in [4.78, 5) is 25.1. The van der Waals surface area contributed by atoms with Crippen LogP contribution < -0.4 is 5.56 Å². The number of aryl methyl sites for hydroxylation is 1. The van der Waals surface area contributed by atoms with Crippen molar-refractivity contribution >= 4 is 10.9 Å². The summed E-state index contributed by atoms with van der Waals surface area (Å²) in [7, 11) is 0. The first-order valence-electron chi connectivity index (χ1n) is 10.2. The van der Waals surface area contributed by atoms with Crippen LogP contribution in [0, 0.1) is 6.92 Å². The highest BCUT2D eigenvalue weighted by molar-refractivity contribution is 5.77. The van der Waals surface area contributed by atoms with Gasteiger partial charge in [-0.2, -0.15) is 4.98 Å². The molecule has 0 radical (unpaired) electrons. The van der Waals surface area contributed by atoms with Gasteiger partial charge in [-0.15, -0.1) is 0 Å². The molecule has 2 fully saturated rings. The molecule has 28 heavy (non-hydrogen) atoms. The van der Waals surface area contributed by atoms with Crippen LogP contribution >= 0.6 is 0 Å². The molecule has 1 saturated carbocycles. The van der Waals surface area contributed by atoms with Crippen molar-refractivity contribution in [1.29, 1.82) is 0 Å². The minimum Gasteiger partial charge on any atom is -0.338 e. The topological polar surface area (TPSA) is 77.0 Å². The lowest BCUT2D eigenvalue weighted by molar-refractivity contribution is 0.199. The van der Waals surface area contributed by atoms with Gasteiger partial charge in [-0.3, -0.25) is 14.3 Å². The second-order valence-corrected chi connectivity index (χ2v) is 7.96. The van der Waals surface area contributed by atoms with Crippen LogP contribution in [0.4, 0.5) is 0 Å². The van der Waals surface area contributed by atoms with Crippen molar-refractivity contribution in [3.8, 4) is 0 Å². The van der Waals surface area contributed by atoms with Gasteiger partial charge >= 0.3 is 0 Å². The number of para-hydroxylation sites is 1. The first-order chi connectivity index (χ1) is 13.7. The second-order valence-electron chi connectivity index (χ2n) is 7.96. The Hall–Kier alpha value is -2.54. The number of hydrogen-bond acceptors (Lipinski definition) is 6. The van der Waals surface area contributed by atoms with Gasteiger partial charge in [0.15, 0.2) is 5.82 Å². The molecule has 2 aromatic heterocycles. The van der Waals surface area contributed by atoms with Crippen LogP contribution in [0.15, 0.2) is 33.6 Å². The van der Waals surface area contributed by atoms with E-state index < -0.39 is 0 Å². The highest BCUT2D eigenvalue weighted by Crippen LogP contribution is 2.36. The Labute approximate surface area is 163 Å². The van der Waals surface area contributed by atoms with Crippen molar-refractivity contribution in [3.05, 3.63) is 52.2 Å². The number of hydrogen-bond donors (Lipinski definition) is 0. The van der Waals surface area contributed by atoms with Gasteiger partial charge in [-0.05, 0) is 51.3 Å². The summed E-state index contributed by atoms with van der Waals surface area (Å²) in [6.45, 7) is 3.37. The summed E-state index contributed by atoms with van der Waals surface area (Å²) < 4.78 is 7.35. The fraction of sp³-hybridized carbons (Fsp3) is 0.524. The molecule has 5 rings (SSSR count). The molecule has 3 aromatic rings. The highest BCUT2D eigenvalue weighted by Gasteiger charge is 2.33. The van der Waals surface area contributed by atoms with Crippen molar-refractivity contribution in [1.82, 2.24) is 24.6 Å². The van der Waals surface area contributed by atoms with Crippen LogP contribution in [-0.2, 0) is 6.54 Å². The Balaban J connectivity index is 1.60. The third kappa shape index (κ3) is 3.03. The molecule has 7 nitrogen and oxygen atoms in total. The number of benzene rings is 1. The van der Waals surface area contributed by atoms with Crippen LogP contribution in [0.2, 0.25) is 0 Å². The molecule has 1 aliphatic heterocycles. The van der Waals surface area contributed by atoms with Gasteiger partial charge in [0.05, 0.1) is 23.5 Å². The zero-order chi connectivity index (χ0) is 19.1. The number of fused-ring (bicyclic) bond motifs is 1. The average molecular weight is 379 g/mol. The van der Waals surface area contributed by atoms with E-state index in [-0.39, 0.29) is 17.6 Å². The molecule has 1 saturated heterocycles. The first-order valence-corrected chi connectivity index (χ1v) is 10.2. The number of rotatable bonds is 4. The number of aromatic nitrogens is 4. The van der Waals surface area contributed by atoms with Crippen LogP contribution in [0.3, 0.4) is 0 Å². The van der Waals surface area contributed by atoms with Crippen molar-refractivity contribution < 1.29 is 4.52 Å². The molecule has 0 spiro atoms. The summed E-state index contributed by atoms with van der Waals surface area (Å²) in [5.74, 6) is 2.18. The standard InChI is InChI=1S/C21H25N5O2/c1-14-22-19(28-24-14)13-25-12-6-11-18(25)20-23-17-10-5-4-9-16(17)21(27)26(20)15-7-2-3-8-15/h4-5,9-10,15,18H,2-3,6-8,11-13H2,1H3. The lowest BCUT2D eigenvalue weighted by Crippen LogP contribution is -2.33. The molecule has 3 heterocycles. The third-order valence-corrected chi connectivity index (χ3v) is 6.09. The van der Waals surface area contributed by atoms with E-state index in [0.29, 0.717) is 18.3 Å². The summed E-state index contributed by atoms with van der Waals surface area (Å²) in [5.41, 5.74) is 0.894. The Morgan fingerprint density at radius 3 is 2.71 bits per heavy atom. The van der Waals surface area contributed by atoms with E-state index in [4.69, 9.17) is 9.51 Å². The fourth-order valence-electron chi connectivity index (χ4n) is 4.80. The maximum Gasteiger partial charge on any atom is 0.261 e. The maximum absolute atomic E-state index is 13.4. The Morgan fingerprint density at radius 1 is 1.11 bits per heavy atom. The normalized spacial score (nSPS) is 21.1. The van der Waals surface area contributed by atoms with Crippen molar-refractivity contribution in [3.63, 3.8) is 0 Å². The lowest BCUT2D eigenvalue weighted by Gasteiger charge is -2.27. The number of likely N-dealkylation sites (tertiary alicyclic amines) is 1. The van der Waals surface area contributed by atoms with Crippen molar-refractivity contribution in [2.24, 2.45) is 0 Å². The van der Waals surface area contributed by atoms with Gasteiger partial charge < -0.3 is 4.52 Å². The van der Waals surface area contributed by atoms with Gasteiger partial charge in [0, 0.05) is 6.04 Å². The second kappa shape index (κ2) is 7.13. The summed E-state index contributed by atoms with van der Waals surface area (Å²) in [6, 6.07) is 8.07. The minimum absolute atomic E-state index is 0.102. The quantitative estimate of drug-likeness (QED) is 0.690. The van der Waals surface area contributed by atoms with E-state index in [1.165, 1.54) is 12.8 Å². The molecular formula is C21H25N5O2. The van der Waals surface area contributed by atoms with E-state index in [2.05, 4.69) is 15.0 Å². The first kappa shape index (κ1) is 17.6. The van der Waals surface area contributed by atoms with Gasteiger partial charge in [0.25, 0.3) is 5.56 Å². The van der Waals surface area contributed by atoms with E-state index in [1.54, 1.807) is 0 Å². The predicted octanol–water partition coefficient (Wildman–Crippen LogP) is 3.54. The predicted molar refractivity (Wildman–Crippen MR) is 105 cm³/mol. The van der Waals surface area contributed by atoms with Crippen LogP contribution in [0.5, 0.6) is 0 Å². The van der Waals surface area contributed by atoms with Gasteiger partial charge in [0.2, 0.25) is 5.89 Å². The third-order valence-electron chi connectivity index (χ3n) is 6.09. The summed E-state index contributed by atoms with van der Waals surface area (Å²) >= 11 is 0. The molecule has 146 valence electrons. The van der Waals surface area contributed by atoms with E-state index in [0.717, 1.165) is 49.0 Å². The molecule has 1 unspecified atom stereocenters. The molecular weight excluding hydrogens is 354 g/mol. The van der Waals surface area contributed by atoms with E-state index in [9.17, 15) is 4.79 Å². The molecule has 1 aliphatic carbocycles. The molecule has 1 atom stereocenters. The van der Waals surface area contributed by atoms with E-state index in [1.807, 2.05) is 35.8 Å². The summed E-state index contributed by atoms with van der Waals surface area (Å²) in [5, 5.41) is 4.63. The van der Waals surface area contributed by atoms with Crippen LogP contribution in [0.1, 0.15) is 68.1 Å². The monoisotopic (exact) mass is 379 g/mol. The maximum atomic E-state index is 13.4. The van der Waals surface area contributed by atoms with Crippen LogP contribution in [-0.4, -0.2) is 31.1 Å². The Morgan fingerprint density at radius 2 is 1.93 bits per heavy atom. The zero-order valence-electron chi connectivity index (χ0n) is 16.2. The highest BCUT2D eigenvalue weighted by atomic mass is 16.5. The molecule has 7 heteroatoms. The molecule has 0 N–H and O–H groups in total. The lowest BCUT2D eigenvalue weighted by atomic mass is 10.1. The fourth-order valence-corrected chi connectivity index (χ4v) is 4.80.